The van der Waals surface area contributed by atoms with E-state index in [0.29, 0.717) is 29.5 Å². The third-order valence-electron chi connectivity index (χ3n) is 10.7. The molecular formula is C26H42O4. The Morgan fingerprint density at radius 3 is 2.57 bits per heavy atom. The molecule has 170 valence electrons. The first-order valence-electron chi connectivity index (χ1n) is 12.8. The van der Waals surface area contributed by atoms with E-state index in [1.54, 1.807) is 0 Å². The summed E-state index contributed by atoms with van der Waals surface area (Å²) in [6, 6.07) is 0. The van der Waals surface area contributed by atoms with Crippen LogP contribution in [0.1, 0.15) is 90.9 Å². The van der Waals surface area contributed by atoms with Crippen LogP contribution in [0.5, 0.6) is 0 Å². The minimum atomic E-state index is -0.631. The second kappa shape index (κ2) is 8.06. The van der Waals surface area contributed by atoms with Gasteiger partial charge in [0.2, 0.25) is 0 Å². The van der Waals surface area contributed by atoms with Gasteiger partial charge in [-0.3, -0.25) is 4.79 Å². The zero-order valence-electron chi connectivity index (χ0n) is 19.1. The van der Waals surface area contributed by atoms with E-state index in [2.05, 4.69) is 13.8 Å². The first-order valence-corrected chi connectivity index (χ1v) is 12.8. The molecule has 0 aromatic heterocycles. The molecule has 5 rings (SSSR count). The number of fused-ring (bicyclic) bond motifs is 5. The van der Waals surface area contributed by atoms with E-state index in [4.69, 9.17) is 14.6 Å². The van der Waals surface area contributed by atoms with Crippen LogP contribution >= 0.6 is 0 Å². The Kier molecular flexibility index (Phi) is 5.71. The van der Waals surface area contributed by atoms with E-state index >= 15 is 0 Å². The fourth-order valence-corrected chi connectivity index (χ4v) is 8.86. The van der Waals surface area contributed by atoms with E-state index in [9.17, 15) is 4.79 Å². The molecule has 5 aliphatic rings. The van der Waals surface area contributed by atoms with Crippen molar-refractivity contribution >= 4 is 5.97 Å². The molecule has 9 atom stereocenters. The largest absolute Gasteiger partial charge is 0.481 e. The van der Waals surface area contributed by atoms with Crippen molar-refractivity contribution in [1.82, 2.24) is 0 Å². The molecule has 30 heavy (non-hydrogen) atoms. The number of carboxylic acids is 1. The molecule has 5 fully saturated rings. The van der Waals surface area contributed by atoms with Gasteiger partial charge in [0.1, 0.15) is 6.10 Å². The number of carboxylic acid groups (broad SMARTS) is 1. The third-order valence-corrected chi connectivity index (χ3v) is 10.7. The summed E-state index contributed by atoms with van der Waals surface area (Å²) in [5.74, 6) is 3.65. The summed E-state index contributed by atoms with van der Waals surface area (Å²) in [6.07, 6.45) is 15.4. The maximum Gasteiger partial charge on any atom is 0.303 e. The lowest BCUT2D eigenvalue weighted by Gasteiger charge is -2.61. The van der Waals surface area contributed by atoms with Crippen LogP contribution in [0.3, 0.4) is 0 Å². The predicted octanol–water partition coefficient (Wildman–Crippen LogP) is 5.68. The standard InChI is InChI=1S/C26H42O4/c1-25-13-11-23-21(22(25)9-7-17(25)4-3-5-24(27)28)8-6-18-14-19(10-12-26(18,23)2)29-15-20-16-30-20/h17-23H,3-16H2,1-2H3,(H,27,28). The first kappa shape index (κ1) is 21.2. The van der Waals surface area contributed by atoms with Crippen LogP contribution < -0.4 is 0 Å². The monoisotopic (exact) mass is 418 g/mol. The minimum Gasteiger partial charge on any atom is -0.481 e. The Morgan fingerprint density at radius 2 is 1.80 bits per heavy atom. The van der Waals surface area contributed by atoms with Gasteiger partial charge < -0.3 is 14.6 Å². The van der Waals surface area contributed by atoms with E-state index in [0.717, 1.165) is 55.6 Å². The van der Waals surface area contributed by atoms with Crippen molar-refractivity contribution in [2.75, 3.05) is 13.2 Å². The average molecular weight is 419 g/mol. The number of epoxide rings is 1. The predicted molar refractivity (Wildman–Crippen MR) is 116 cm³/mol. The van der Waals surface area contributed by atoms with Gasteiger partial charge in [0.25, 0.3) is 0 Å². The van der Waals surface area contributed by atoms with Gasteiger partial charge in [-0.2, -0.15) is 0 Å². The van der Waals surface area contributed by atoms with Gasteiger partial charge >= 0.3 is 5.97 Å². The molecule has 9 unspecified atom stereocenters. The molecule has 1 N–H and O–H groups in total. The lowest BCUT2D eigenvalue weighted by Crippen LogP contribution is -2.54. The zero-order chi connectivity index (χ0) is 20.9. The van der Waals surface area contributed by atoms with Gasteiger partial charge in [-0.05, 0) is 111 Å². The Bertz CT molecular complexity index is 645. The second-order valence-corrected chi connectivity index (χ2v) is 11.9. The molecule has 1 heterocycles. The summed E-state index contributed by atoms with van der Waals surface area (Å²) >= 11 is 0. The summed E-state index contributed by atoms with van der Waals surface area (Å²) in [6.45, 7) is 6.92. The first-order chi connectivity index (χ1) is 14.4. The maximum atomic E-state index is 11.0. The second-order valence-electron chi connectivity index (χ2n) is 11.9. The molecular weight excluding hydrogens is 376 g/mol. The molecule has 1 saturated heterocycles. The molecule has 4 saturated carbocycles. The SMILES string of the molecule is CC12CCC3C(CCC4CC(OCC5CO5)CCC43C)C1CCC2CCCC(=O)O. The molecule has 0 spiro atoms. The minimum absolute atomic E-state index is 0.346. The van der Waals surface area contributed by atoms with Crippen molar-refractivity contribution in [1.29, 1.82) is 0 Å². The van der Waals surface area contributed by atoms with Crippen molar-refractivity contribution in [3.8, 4) is 0 Å². The number of rotatable bonds is 7. The molecule has 4 nitrogen and oxygen atoms in total. The molecule has 1 aliphatic heterocycles. The number of hydrogen-bond donors (Lipinski definition) is 1. The van der Waals surface area contributed by atoms with Gasteiger partial charge in [0.05, 0.1) is 19.3 Å². The molecule has 4 heteroatoms. The van der Waals surface area contributed by atoms with Crippen LogP contribution in [0.15, 0.2) is 0 Å². The molecule has 0 radical (unpaired) electrons. The van der Waals surface area contributed by atoms with Crippen LogP contribution in [0.4, 0.5) is 0 Å². The van der Waals surface area contributed by atoms with E-state index in [1.807, 2.05) is 0 Å². The topological polar surface area (TPSA) is 59.1 Å². The fourth-order valence-electron chi connectivity index (χ4n) is 8.86. The van der Waals surface area contributed by atoms with Crippen molar-refractivity contribution in [3.63, 3.8) is 0 Å². The summed E-state index contributed by atoms with van der Waals surface area (Å²) in [5.41, 5.74) is 0.981. The summed E-state index contributed by atoms with van der Waals surface area (Å²) in [5, 5.41) is 9.04. The average Bonchev–Trinajstić information content (AvgIpc) is 3.48. The van der Waals surface area contributed by atoms with Crippen molar-refractivity contribution in [2.45, 2.75) is 103 Å². The smallest absolute Gasteiger partial charge is 0.303 e. The van der Waals surface area contributed by atoms with Crippen molar-refractivity contribution in [2.24, 2.45) is 40.4 Å². The molecule has 0 bridgehead atoms. The zero-order valence-corrected chi connectivity index (χ0v) is 19.1. The van der Waals surface area contributed by atoms with Crippen LogP contribution in [0.2, 0.25) is 0 Å². The molecule has 0 aromatic carbocycles. The summed E-state index contributed by atoms with van der Waals surface area (Å²) < 4.78 is 11.6. The van der Waals surface area contributed by atoms with Crippen LogP contribution in [-0.4, -0.2) is 36.5 Å². The quantitative estimate of drug-likeness (QED) is 0.540. The molecule has 0 amide bonds. The number of aliphatic carboxylic acids is 1. The normalized spacial score (nSPS) is 49.7. The fraction of sp³-hybridized carbons (Fsp3) is 0.962. The number of carbonyl (C=O) groups is 1. The summed E-state index contributed by atoms with van der Waals surface area (Å²) in [4.78, 5) is 11.0. The third kappa shape index (κ3) is 3.74. The highest BCUT2D eigenvalue weighted by Gasteiger charge is 2.59. The van der Waals surface area contributed by atoms with Gasteiger partial charge in [0.15, 0.2) is 0 Å². The van der Waals surface area contributed by atoms with Crippen molar-refractivity contribution < 1.29 is 19.4 Å². The Balaban J connectivity index is 1.23. The molecule has 4 aliphatic carbocycles. The van der Waals surface area contributed by atoms with Crippen LogP contribution in [0.25, 0.3) is 0 Å². The number of ether oxygens (including phenoxy) is 2. The highest BCUT2D eigenvalue weighted by molar-refractivity contribution is 5.66. The van der Waals surface area contributed by atoms with Gasteiger partial charge in [-0.15, -0.1) is 0 Å². The maximum absolute atomic E-state index is 11.0. The van der Waals surface area contributed by atoms with E-state index < -0.39 is 5.97 Å². The van der Waals surface area contributed by atoms with Crippen LogP contribution in [0, 0.1) is 40.4 Å². The Labute approximate surface area is 182 Å². The summed E-state index contributed by atoms with van der Waals surface area (Å²) in [7, 11) is 0. The van der Waals surface area contributed by atoms with Crippen molar-refractivity contribution in [3.05, 3.63) is 0 Å². The highest BCUT2D eigenvalue weighted by atomic mass is 16.6. The Hall–Kier alpha value is -0.610. The Morgan fingerprint density at radius 1 is 1.03 bits per heavy atom. The van der Waals surface area contributed by atoms with Crippen LogP contribution in [-0.2, 0) is 14.3 Å². The van der Waals surface area contributed by atoms with E-state index in [1.165, 1.54) is 57.8 Å². The van der Waals surface area contributed by atoms with E-state index in [-0.39, 0.29) is 0 Å². The van der Waals surface area contributed by atoms with Gasteiger partial charge in [-0.25, -0.2) is 0 Å². The number of hydrogen-bond acceptors (Lipinski definition) is 3. The van der Waals surface area contributed by atoms with Gasteiger partial charge in [-0.1, -0.05) is 13.8 Å². The highest BCUT2D eigenvalue weighted by Crippen LogP contribution is 2.68. The lowest BCUT2D eigenvalue weighted by molar-refractivity contribution is -0.138. The van der Waals surface area contributed by atoms with Gasteiger partial charge in [0, 0.05) is 6.42 Å². The lowest BCUT2D eigenvalue weighted by atomic mass is 9.44. The molecule has 0 aromatic rings.